The molecule has 67 heavy (non-hydrogen) atoms. The minimum absolute atomic E-state index is 0.198. The number of thiazole rings is 1. The van der Waals surface area contributed by atoms with E-state index in [1.165, 1.54) is 12.0 Å². The first-order valence-corrected chi connectivity index (χ1v) is 23.9. The monoisotopic (exact) mass is 951 g/mol. The third kappa shape index (κ3) is 12.3. The first-order chi connectivity index (χ1) is 32.0. The number of nitriles is 1. The molecule has 3 heterocycles. The normalized spacial score (nSPS) is 16.2. The predicted molar refractivity (Wildman–Crippen MR) is 262 cm³/mol. The number of nitrogens with one attached hydrogen (secondary N) is 2. The largest absolute Gasteiger partial charge is 0.495 e. The molecule has 17 heteroatoms. The minimum atomic E-state index is -0.960. The highest BCUT2D eigenvalue weighted by molar-refractivity contribution is 7.81. The maximum atomic E-state index is 13.9. The summed E-state index contributed by atoms with van der Waals surface area (Å²) in [6.07, 6.45) is 3.42. The number of methoxy groups -OCH3 is 1. The second kappa shape index (κ2) is 22.7. The number of ether oxygens (including phenoxy) is 4. The number of aromatic nitrogens is 1. The fourth-order valence-electron chi connectivity index (χ4n) is 8.07. The summed E-state index contributed by atoms with van der Waals surface area (Å²) < 4.78 is 22.7. The number of nitrogens with zero attached hydrogens (tertiary/aromatic N) is 5. The van der Waals surface area contributed by atoms with Crippen LogP contribution in [0.25, 0.3) is 10.4 Å². The van der Waals surface area contributed by atoms with E-state index in [1.807, 2.05) is 100 Å². The van der Waals surface area contributed by atoms with Crippen LogP contribution in [0.15, 0.2) is 72.2 Å². The van der Waals surface area contributed by atoms with E-state index >= 15 is 0 Å². The Morgan fingerprint density at radius 1 is 0.970 bits per heavy atom. The number of thiocarbonyl (C=S) groups is 1. The van der Waals surface area contributed by atoms with Gasteiger partial charge in [-0.2, -0.15) is 5.26 Å². The molecular weight excluding hydrogens is 891 g/mol. The molecule has 0 saturated carbocycles. The number of benzene rings is 3. The molecule has 6 rings (SSSR count). The zero-order chi connectivity index (χ0) is 48.3. The molecule has 3 aromatic carbocycles. The highest BCUT2D eigenvalue weighted by Crippen LogP contribution is 2.38. The second-order valence-electron chi connectivity index (χ2n) is 18.1. The van der Waals surface area contributed by atoms with Gasteiger partial charge in [0.25, 0.3) is 5.91 Å². The van der Waals surface area contributed by atoms with Gasteiger partial charge < -0.3 is 39.4 Å². The van der Waals surface area contributed by atoms with E-state index in [0.717, 1.165) is 40.2 Å². The van der Waals surface area contributed by atoms with E-state index in [4.69, 9.17) is 31.2 Å². The van der Waals surface area contributed by atoms with Crippen LogP contribution < -0.4 is 29.9 Å². The molecule has 1 unspecified atom stereocenters. The lowest BCUT2D eigenvalue weighted by Crippen LogP contribution is -2.58. The van der Waals surface area contributed by atoms with E-state index in [0.29, 0.717) is 86.6 Å². The molecule has 2 fully saturated rings. The van der Waals surface area contributed by atoms with Gasteiger partial charge in [-0.15, -0.1) is 11.3 Å². The van der Waals surface area contributed by atoms with Crippen molar-refractivity contribution in [2.75, 3.05) is 56.5 Å². The van der Waals surface area contributed by atoms with E-state index in [1.54, 1.807) is 34.4 Å². The first-order valence-electron chi connectivity index (χ1n) is 22.6. The summed E-state index contributed by atoms with van der Waals surface area (Å²) in [6.45, 7) is 13.7. The van der Waals surface area contributed by atoms with Crippen LogP contribution in [0.4, 0.5) is 11.4 Å². The van der Waals surface area contributed by atoms with Crippen molar-refractivity contribution in [2.24, 2.45) is 5.41 Å². The molecule has 2 N–H and O–H groups in total. The van der Waals surface area contributed by atoms with Crippen molar-refractivity contribution in [2.45, 2.75) is 97.8 Å². The molecule has 2 aliphatic heterocycles. The Balaban J connectivity index is 0.849. The Bertz CT molecular complexity index is 2430. The molecule has 0 aliphatic carbocycles. The third-order valence-electron chi connectivity index (χ3n) is 11.8. The lowest BCUT2D eigenvalue weighted by atomic mass is 9.85. The van der Waals surface area contributed by atoms with Crippen LogP contribution in [0.1, 0.15) is 83.5 Å². The number of hydrogen-bond acceptors (Lipinski definition) is 12. The van der Waals surface area contributed by atoms with Crippen LogP contribution in [0.3, 0.4) is 0 Å². The quantitative estimate of drug-likeness (QED) is 0.0629. The Kier molecular flexibility index (Phi) is 17.1. The highest BCUT2D eigenvalue weighted by Gasteiger charge is 2.50. The number of aryl methyl sites for hydroxylation is 1. The number of likely N-dealkylation sites (tertiary alicyclic amines) is 1. The number of hydrogen-bond donors (Lipinski definition) is 2. The zero-order valence-electron chi connectivity index (χ0n) is 39.4. The summed E-state index contributed by atoms with van der Waals surface area (Å²) in [5.41, 5.74) is 4.92. The van der Waals surface area contributed by atoms with Crippen LogP contribution in [0.2, 0.25) is 0 Å². The zero-order valence-corrected chi connectivity index (χ0v) is 41.0. The van der Waals surface area contributed by atoms with Crippen LogP contribution in [0.5, 0.6) is 11.5 Å². The average molecular weight is 952 g/mol. The van der Waals surface area contributed by atoms with Crippen LogP contribution in [-0.4, -0.2) is 103 Å². The lowest BCUT2D eigenvalue weighted by Gasteiger charge is -2.35. The van der Waals surface area contributed by atoms with Gasteiger partial charge in [0, 0.05) is 44.7 Å². The van der Waals surface area contributed by atoms with Gasteiger partial charge in [-0.3, -0.25) is 24.1 Å². The summed E-state index contributed by atoms with van der Waals surface area (Å²) in [6, 6.07) is 21.0. The summed E-state index contributed by atoms with van der Waals surface area (Å²) in [5.74, 6) is -0.0307. The molecular formula is C50H61N7O8S2. The van der Waals surface area contributed by atoms with Crippen LogP contribution >= 0.6 is 23.6 Å². The fraction of sp³-hybridized carbons (Fsp3) is 0.460. The fourth-order valence-corrected chi connectivity index (χ4v) is 9.40. The van der Waals surface area contributed by atoms with E-state index in [9.17, 15) is 24.4 Å². The maximum absolute atomic E-state index is 13.9. The Morgan fingerprint density at radius 3 is 2.33 bits per heavy atom. The Labute approximate surface area is 402 Å². The van der Waals surface area contributed by atoms with Gasteiger partial charge in [0.15, 0.2) is 5.11 Å². The average Bonchev–Trinajstić information content (AvgIpc) is 4.02. The Morgan fingerprint density at radius 2 is 1.66 bits per heavy atom. The van der Waals surface area contributed by atoms with Crippen molar-refractivity contribution < 1.29 is 38.1 Å². The SMILES string of the molecule is COc1cc(N2C(=O)C(C)(C)N(c3ccc(OCCCCOCCCOCC(=O)NC(C(=O)N4CCC[C@H]4C(=O)NCc4ccc(-c5scnc5C)cc4)C(C)(C)C)cc3)C2=S)ccc1C#N. The van der Waals surface area contributed by atoms with Crippen LogP contribution in [0, 0.1) is 23.7 Å². The molecule has 2 atom stereocenters. The number of unbranched alkanes of at least 4 members (excludes halogenated alkanes) is 1. The standard InChI is InChI=1S/C50H61N7O8S2/c1-33-43(67-32-53-33)35-15-13-34(14-16-35)30-52-45(59)40-12-10-23-55(40)46(60)44(49(2,3)4)54-42(58)31-64-26-11-25-63-24-8-9-27-65-39-21-19-37(20-22-39)57-48(66)56(47(61)50(57,5)6)38-18-17-36(29-51)41(28-38)62-7/h13-22,28,32,40,44H,8-12,23-27,30-31H2,1-7H3,(H,52,59)(H,54,58)/t40-,44?/m0/s1. The molecule has 4 aromatic rings. The predicted octanol–water partition coefficient (Wildman–Crippen LogP) is 7.34. The highest BCUT2D eigenvalue weighted by atomic mass is 32.1. The molecule has 0 radical (unpaired) electrons. The maximum Gasteiger partial charge on any atom is 0.259 e. The molecule has 4 amide bonds. The van der Waals surface area contributed by atoms with Crippen molar-refractivity contribution in [3.63, 3.8) is 0 Å². The second-order valence-corrected chi connectivity index (χ2v) is 19.3. The van der Waals surface area contributed by atoms with Crippen molar-refractivity contribution in [1.29, 1.82) is 5.26 Å². The number of anilines is 2. The molecule has 2 saturated heterocycles. The molecule has 0 spiro atoms. The van der Waals surface area contributed by atoms with E-state index < -0.39 is 28.9 Å². The first kappa shape index (κ1) is 50.5. The van der Waals surface area contributed by atoms with E-state index in [-0.39, 0.29) is 24.3 Å². The van der Waals surface area contributed by atoms with Gasteiger partial charge in [0.05, 0.1) is 41.0 Å². The van der Waals surface area contributed by atoms with Gasteiger partial charge in [0.1, 0.15) is 41.8 Å². The number of carbonyl (C=O) groups is 4. The molecule has 1 aromatic heterocycles. The number of rotatable bonds is 21. The smallest absolute Gasteiger partial charge is 0.259 e. The van der Waals surface area contributed by atoms with Gasteiger partial charge >= 0.3 is 0 Å². The van der Waals surface area contributed by atoms with Gasteiger partial charge in [-0.1, -0.05) is 45.0 Å². The molecule has 15 nitrogen and oxygen atoms in total. The summed E-state index contributed by atoms with van der Waals surface area (Å²) in [7, 11) is 1.48. The lowest BCUT2D eigenvalue weighted by molar-refractivity contribution is -0.144. The molecule has 0 bridgehead atoms. The summed E-state index contributed by atoms with van der Waals surface area (Å²) in [5, 5.41) is 15.6. The van der Waals surface area contributed by atoms with Crippen molar-refractivity contribution in [1.82, 2.24) is 20.5 Å². The Hall–Kier alpha value is -5.93. The van der Waals surface area contributed by atoms with Crippen molar-refractivity contribution >= 4 is 63.7 Å². The third-order valence-corrected chi connectivity index (χ3v) is 13.1. The van der Waals surface area contributed by atoms with Gasteiger partial charge in [-0.25, -0.2) is 4.98 Å². The van der Waals surface area contributed by atoms with Gasteiger partial charge in [0.2, 0.25) is 17.7 Å². The number of amides is 4. The topological polar surface area (TPSA) is 176 Å². The molecule has 356 valence electrons. The van der Waals surface area contributed by atoms with E-state index in [2.05, 4.69) is 21.7 Å². The summed E-state index contributed by atoms with van der Waals surface area (Å²) >= 11 is 7.40. The van der Waals surface area contributed by atoms with Crippen LogP contribution in [-0.2, 0) is 35.2 Å². The molecule has 2 aliphatic rings. The van der Waals surface area contributed by atoms with Crippen molar-refractivity contribution in [3.05, 3.63) is 89.1 Å². The minimum Gasteiger partial charge on any atom is -0.495 e. The summed E-state index contributed by atoms with van der Waals surface area (Å²) in [4.78, 5) is 64.2. The van der Waals surface area contributed by atoms with Crippen molar-refractivity contribution in [3.8, 4) is 28.0 Å². The number of carbonyl (C=O) groups excluding carboxylic acids is 4. The van der Waals surface area contributed by atoms with Gasteiger partial charge in [-0.05, 0) is 118 Å².